The number of amides is 1. The Kier molecular flexibility index (Phi) is 7.53. The maximum absolute atomic E-state index is 11.9. The molecule has 0 bridgehead atoms. The van der Waals surface area contributed by atoms with Crippen LogP contribution in [0.15, 0.2) is 24.3 Å². The van der Waals surface area contributed by atoms with E-state index in [4.69, 9.17) is 9.84 Å². The van der Waals surface area contributed by atoms with Gasteiger partial charge in [0.1, 0.15) is 6.61 Å². The van der Waals surface area contributed by atoms with E-state index in [-0.39, 0.29) is 25.9 Å². The maximum atomic E-state index is 11.9. The third kappa shape index (κ3) is 6.17. The second kappa shape index (κ2) is 9.14. The SMILES string of the molecule is CCC(O)(C(=O)OCc1ccc(NC(=O)CCC(=O)O)cc1)C(C)O. The van der Waals surface area contributed by atoms with Crippen LogP contribution >= 0.6 is 0 Å². The van der Waals surface area contributed by atoms with Crippen LogP contribution in [0, 0.1) is 0 Å². The number of carboxylic acids is 1. The van der Waals surface area contributed by atoms with E-state index in [0.717, 1.165) is 0 Å². The van der Waals surface area contributed by atoms with Crippen molar-refractivity contribution in [1.29, 1.82) is 0 Å². The minimum atomic E-state index is -1.95. The number of anilines is 1. The number of aliphatic carboxylic acids is 1. The van der Waals surface area contributed by atoms with Crippen molar-refractivity contribution in [1.82, 2.24) is 0 Å². The summed E-state index contributed by atoms with van der Waals surface area (Å²) in [4.78, 5) is 33.8. The molecule has 8 heteroatoms. The smallest absolute Gasteiger partial charge is 0.341 e. The molecule has 2 atom stereocenters. The maximum Gasteiger partial charge on any atom is 0.341 e. The van der Waals surface area contributed by atoms with E-state index in [2.05, 4.69) is 5.32 Å². The zero-order valence-electron chi connectivity index (χ0n) is 14.2. The number of nitrogens with one attached hydrogen (secondary N) is 1. The molecule has 4 N–H and O–H groups in total. The molecule has 0 saturated heterocycles. The van der Waals surface area contributed by atoms with Gasteiger partial charge in [-0.15, -0.1) is 0 Å². The van der Waals surface area contributed by atoms with E-state index in [0.29, 0.717) is 11.3 Å². The molecule has 0 spiro atoms. The van der Waals surface area contributed by atoms with Crippen LogP contribution in [0.5, 0.6) is 0 Å². The molecule has 1 aromatic carbocycles. The zero-order chi connectivity index (χ0) is 19.0. The number of rotatable bonds is 9. The molecular formula is C17H23NO7. The molecule has 0 saturated carbocycles. The summed E-state index contributed by atoms with van der Waals surface area (Å²) in [6.07, 6.45) is -1.61. The third-order valence-electron chi connectivity index (χ3n) is 3.76. The van der Waals surface area contributed by atoms with Crippen molar-refractivity contribution in [3.8, 4) is 0 Å². The second-order valence-electron chi connectivity index (χ2n) is 5.67. The van der Waals surface area contributed by atoms with Gasteiger partial charge in [0, 0.05) is 12.1 Å². The van der Waals surface area contributed by atoms with Crippen molar-refractivity contribution >= 4 is 23.5 Å². The lowest BCUT2D eigenvalue weighted by atomic mass is 9.95. The predicted octanol–water partition coefficient (Wildman–Crippen LogP) is 1.05. The highest BCUT2D eigenvalue weighted by Gasteiger charge is 2.40. The Morgan fingerprint density at radius 3 is 2.28 bits per heavy atom. The highest BCUT2D eigenvalue weighted by molar-refractivity contribution is 5.92. The molecule has 1 rings (SSSR count). The average Bonchev–Trinajstić information content (AvgIpc) is 2.58. The summed E-state index contributed by atoms with van der Waals surface area (Å²) in [5.74, 6) is -2.36. The van der Waals surface area contributed by atoms with E-state index < -0.39 is 29.6 Å². The summed E-state index contributed by atoms with van der Waals surface area (Å²) in [6.45, 7) is 2.78. The van der Waals surface area contributed by atoms with Gasteiger partial charge in [-0.1, -0.05) is 19.1 Å². The number of ether oxygens (including phenoxy) is 1. The lowest BCUT2D eigenvalue weighted by Crippen LogP contribution is -2.48. The Hall–Kier alpha value is -2.45. The largest absolute Gasteiger partial charge is 0.481 e. The van der Waals surface area contributed by atoms with Crippen molar-refractivity contribution in [3.63, 3.8) is 0 Å². The minimum Gasteiger partial charge on any atom is -0.481 e. The van der Waals surface area contributed by atoms with Crippen LogP contribution in [0.25, 0.3) is 0 Å². The molecule has 0 aromatic heterocycles. The average molecular weight is 353 g/mol. The van der Waals surface area contributed by atoms with Crippen LogP contribution < -0.4 is 5.32 Å². The van der Waals surface area contributed by atoms with Gasteiger partial charge in [0.25, 0.3) is 0 Å². The number of benzene rings is 1. The fraction of sp³-hybridized carbons (Fsp3) is 0.471. The molecular weight excluding hydrogens is 330 g/mol. The molecule has 0 radical (unpaired) electrons. The van der Waals surface area contributed by atoms with E-state index in [9.17, 15) is 24.6 Å². The molecule has 8 nitrogen and oxygen atoms in total. The highest BCUT2D eigenvalue weighted by Crippen LogP contribution is 2.19. The van der Waals surface area contributed by atoms with Crippen LogP contribution in [0.2, 0.25) is 0 Å². The predicted molar refractivity (Wildman–Crippen MR) is 88.7 cm³/mol. The molecule has 0 fully saturated rings. The highest BCUT2D eigenvalue weighted by atomic mass is 16.6. The molecule has 0 aliphatic rings. The lowest BCUT2D eigenvalue weighted by molar-refractivity contribution is -0.179. The van der Waals surface area contributed by atoms with Gasteiger partial charge in [-0.25, -0.2) is 4.79 Å². The summed E-state index contributed by atoms with van der Waals surface area (Å²) in [5, 5.41) is 30.7. The zero-order valence-corrected chi connectivity index (χ0v) is 14.2. The summed E-state index contributed by atoms with van der Waals surface area (Å²) >= 11 is 0. The fourth-order valence-corrected chi connectivity index (χ4v) is 2.01. The number of hydrogen-bond donors (Lipinski definition) is 4. The number of esters is 1. The number of carbonyl (C=O) groups excluding carboxylic acids is 2. The molecule has 0 heterocycles. The fourth-order valence-electron chi connectivity index (χ4n) is 2.01. The molecule has 1 aromatic rings. The quantitative estimate of drug-likeness (QED) is 0.488. The molecule has 1 amide bonds. The van der Waals surface area contributed by atoms with Gasteiger partial charge in [-0.3, -0.25) is 9.59 Å². The summed E-state index contributed by atoms with van der Waals surface area (Å²) in [6, 6.07) is 6.41. The van der Waals surface area contributed by atoms with Crippen LogP contribution in [-0.2, 0) is 25.7 Å². The van der Waals surface area contributed by atoms with Gasteiger partial charge in [0.15, 0.2) is 5.60 Å². The van der Waals surface area contributed by atoms with Crippen molar-refractivity contribution in [2.75, 3.05) is 5.32 Å². The molecule has 25 heavy (non-hydrogen) atoms. The minimum absolute atomic E-state index is 0.0187. The topological polar surface area (TPSA) is 133 Å². The van der Waals surface area contributed by atoms with Crippen LogP contribution in [0.1, 0.15) is 38.7 Å². The van der Waals surface area contributed by atoms with Crippen molar-refractivity contribution in [3.05, 3.63) is 29.8 Å². The number of carboxylic acid groups (broad SMARTS) is 1. The van der Waals surface area contributed by atoms with Crippen LogP contribution in [-0.4, -0.2) is 44.9 Å². The Labute approximate surface area is 145 Å². The van der Waals surface area contributed by atoms with Gasteiger partial charge >= 0.3 is 11.9 Å². The Morgan fingerprint density at radius 1 is 1.20 bits per heavy atom. The first kappa shape index (κ1) is 20.6. The Balaban J connectivity index is 2.56. The van der Waals surface area contributed by atoms with E-state index in [1.54, 1.807) is 31.2 Å². The first-order valence-corrected chi connectivity index (χ1v) is 7.87. The first-order valence-electron chi connectivity index (χ1n) is 7.87. The third-order valence-corrected chi connectivity index (χ3v) is 3.76. The Morgan fingerprint density at radius 2 is 1.80 bits per heavy atom. The summed E-state index contributed by atoms with van der Waals surface area (Å²) < 4.78 is 5.03. The number of carbonyl (C=O) groups is 3. The molecule has 0 aliphatic carbocycles. The van der Waals surface area contributed by atoms with Gasteiger partial charge in [-0.05, 0) is 31.0 Å². The first-order chi connectivity index (χ1) is 11.7. The second-order valence-corrected chi connectivity index (χ2v) is 5.67. The lowest BCUT2D eigenvalue weighted by Gasteiger charge is -2.27. The number of aliphatic hydroxyl groups is 2. The normalized spacial score (nSPS) is 14.2. The van der Waals surface area contributed by atoms with E-state index in [1.165, 1.54) is 6.92 Å². The van der Waals surface area contributed by atoms with E-state index in [1.807, 2.05) is 0 Å². The molecule has 138 valence electrons. The monoisotopic (exact) mass is 353 g/mol. The molecule has 0 aliphatic heterocycles. The number of hydrogen-bond acceptors (Lipinski definition) is 6. The van der Waals surface area contributed by atoms with Crippen molar-refractivity contribution in [2.24, 2.45) is 0 Å². The van der Waals surface area contributed by atoms with Crippen molar-refractivity contribution < 1.29 is 34.4 Å². The van der Waals surface area contributed by atoms with E-state index >= 15 is 0 Å². The van der Waals surface area contributed by atoms with Crippen LogP contribution in [0.4, 0.5) is 5.69 Å². The van der Waals surface area contributed by atoms with Crippen LogP contribution in [0.3, 0.4) is 0 Å². The van der Waals surface area contributed by atoms with Gasteiger partial charge in [0.2, 0.25) is 5.91 Å². The van der Waals surface area contributed by atoms with Gasteiger partial charge in [-0.2, -0.15) is 0 Å². The van der Waals surface area contributed by atoms with Gasteiger partial charge in [0.05, 0.1) is 12.5 Å². The summed E-state index contributed by atoms with van der Waals surface area (Å²) in [5.41, 5.74) is -0.835. The van der Waals surface area contributed by atoms with Crippen molar-refractivity contribution in [2.45, 2.75) is 51.4 Å². The summed E-state index contributed by atoms with van der Waals surface area (Å²) in [7, 11) is 0. The van der Waals surface area contributed by atoms with Gasteiger partial charge < -0.3 is 25.4 Å². The standard InChI is InChI=1S/C17H23NO7/c1-3-17(24,11(2)19)16(23)25-10-12-4-6-13(7-5-12)18-14(20)8-9-15(21)22/h4-7,11,19,24H,3,8-10H2,1-2H3,(H,18,20)(H,21,22). The number of aliphatic hydroxyl groups excluding tert-OH is 1. The Bertz CT molecular complexity index is 612. The molecule has 2 unspecified atom stereocenters.